The lowest BCUT2D eigenvalue weighted by molar-refractivity contribution is 0.891. The predicted molar refractivity (Wildman–Crippen MR) is 75.5 cm³/mol. The van der Waals surface area contributed by atoms with Crippen LogP contribution in [0.1, 0.15) is 5.69 Å². The number of pyridine rings is 2. The molecule has 0 aliphatic rings. The van der Waals surface area contributed by atoms with E-state index in [4.69, 9.17) is 11.6 Å². The van der Waals surface area contributed by atoms with E-state index in [2.05, 4.69) is 15.0 Å². The van der Waals surface area contributed by atoms with Crippen LogP contribution in [0.5, 0.6) is 0 Å². The molecule has 3 rings (SSSR count). The van der Waals surface area contributed by atoms with Crippen LogP contribution in [-0.2, 0) is 0 Å². The van der Waals surface area contributed by atoms with Crippen LogP contribution < -0.4 is 11.2 Å². The Morgan fingerprint density at radius 1 is 1.25 bits per heavy atom. The van der Waals surface area contributed by atoms with Crippen molar-refractivity contribution in [1.29, 1.82) is 0 Å². The molecule has 6 nitrogen and oxygen atoms in total. The molecule has 3 aromatic rings. The molecule has 0 unspecified atom stereocenters. The van der Waals surface area contributed by atoms with Gasteiger partial charge in [0.2, 0.25) is 0 Å². The molecule has 3 aromatic heterocycles. The molecule has 0 bridgehead atoms. The second-order valence-corrected chi connectivity index (χ2v) is 4.63. The number of hydrogen-bond acceptors (Lipinski definition) is 4. The quantitative estimate of drug-likeness (QED) is 0.734. The number of aryl methyl sites for hydroxylation is 1. The predicted octanol–water partition coefficient (Wildman–Crippen LogP) is 1.43. The number of nitrogens with one attached hydrogen (secondary N) is 1. The van der Waals surface area contributed by atoms with Crippen molar-refractivity contribution >= 4 is 22.6 Å². The van der Waals surface area contributed by atoms with E-state index in [0.29, 0.717) is 16.1 Å². The first-order valence-corrected chi connectivity index (χ1v) is 6.19. The highest BCUT2D eigenvalue weighted by molar-refractivity contribution is 6.32. The maximum absolute atomic E-state index is 12.1. The van der Waals surface area contributed by atoms with Gasteiger partial charge >= 0.3 is 5.69 Å². The molecule has 0 aliphatic carbocycles. The normalized spacial score (nSPS) is 10.9. The molecule has 1 N–H and O–H groups in total. The molecular weight excluding hydrogens is 280 g/mol. The summed E-state index contributed by atoms with van der Waals surface area (Å²) in [6, 6.07) is 6.59. The summed E-state index contributed by atoms with van der Waals surface area (Å²) in [6.07, 6.45) is 1.51. The molecule has 0 atom stereocenters. The highest BCUT2D eigenvalue weighted by atomic mass is 35.5. The van der Waals surface area contributed by atoms with Gasteiger partial charge in [-0.05, 0) is 31.2 Å². The summed E-state index contributed by atoms with van der Waals surface area (Å²) >= 11 is 6.07. The van der Waals surface area contributed by atoms with Crippen molar-refractivity contribution in [3.05, 3.63) is 62.0 Å². The van der Waals surface area contributed by atoms with E-state index in [1.807, 2.05) is 0 Å². The Morgan fingerprint density at radius 2 is 2.05 bits per heavy atom. The minimum atomic E-state index is -0.624. The number of fused-ring (bicyclic) bond motifs is 1. The largest absolute Gasteiger partial charge is 0.335 e. The van der Waals surface area contributed by atoms with Crippen LogP contribution in [0.25, 0.3) is 16.9 Å². The zero-order valence-electron chi connectivity index (χ0n) is 10.4. The molecule has 0 spiro atoms. The molecular formula is C13H9ClN4O2. The lowest BCUT2D eigenvalue weighted by Crippen LogP contribution is -2.30. The third-order valence-corrected chi connectivity index (χ3v) is 3.14. The summed E-state index contributed by atoms with van der Waals surface area (Å²) < 4.78 is 1.20. The van der Waals surface area contributed by atoms with E-state index < -0.39 is 11.2 Å². The fraction of sp³-hybridized carbons (Fsp3) is 0.0769. The van der Waals surface area contributed by atoms with E-state index in [9.17, 15) is 9.59 Å². The van der Waals surface area contributed by atoms with Gasteiger partial charge in [-0.3, -0.25) is 9.78 Å². The molecule has 0 saturated carbocycles. The van der Waals surface area contributed by atoms with Crippen molar-refractivity contribution in [2.75, 3.05) is 0 Å². The Labute approximate surface area is 117 Å². The summed E-state index contributed by atoms with van der Waals surface area (Å²) in [5, 5.41) is 0.600. The van der Waals surface area contributed by atoms with Crippen LogP contribution in [0.4, 0.5) is 0 Å². The smallest absolute Gasteiger partial charge is 0.273 e. The molecule has 0 radical (unpaired) electrons. The molecule has 0 saturated heterocycles. The highest BCUT2D eigenvalue weighted by Crippen LogP contribution is 2.18. The number of H-pyrrole nitrogens is 1. The SMILES string of the molecule is Cc1ccc2c(=O)[nH]c(=O)n(-c3ncccc3Cl)c2n1. The minimum absolute atomic E-state index is 0.235. The second-order valence-electron chi connectivity index (χ2n) is 4.23. The molecule has 3 heterocycles. The fourth-order valence-corrected chi connectivity index (χ4v) is 2.15. The Kier molecular flexibility index (Phi) is 2.87. The molecule has 7 heteroatoms. The van der Waals surface area contributed by atoms with Gasteiger partial charge < -0.3 is 0 Å². The molecule has 100 valence electrons. The summed E-state index contributed by atoms with van der Waals surface area (Å²) in [6.45, 7) is 1.77. The maximum Gasteiger partial charge on any atom is 0.335 e. The third-order valence-electron chi connectivity index (χ3n) is 2.85. The van der Waals surface area contributed by atoms with Gasteiger partial charge in [-0.2, -0.15) is 0 Å². The summed E-state index contributed by atoms with van der Waals surface area (Å²) in [5.41, 5.74) is -0.190. The van der Waals surface area contributed by atoms with Gasteiger partial charge in [-0.15, -0.1) is 0 Å². The van der Waals surface area contributed by atoms with E-state index in [0.717, 1.165) is 0 Å². The lowest BCUT2D eigenvalue weighted by atomic mass is 10.3. The van der Waals surface area contributed by atoms with Gasteiger partial charge in [0.15, 0.2) is 11.5 Å². The number of rotatable bonds is 1. The van der Waals surface area contributed by atoms with E-state index >= 15 is 0 Å². The average molecular weight is 289 g/mol. The van der Waals surface area contributed by atoms with Crippen molar-refractivity contribution in [3.8, 4) is 5.82 Å². The molecule has 20 heavy (non-hydrogen) atoms. The van der Waals surface area contributed by atoms with Crippen LogP contribution in [-0.4, -0.2) is 19.5 Å². The Bertz CT molecular complexity index is 930. The Morgan fingerprint density at radius 3 is 2.80 bits per heavy atom. The average Bonchev–Trinajstić information content (AvgIpc) is 2.40. The minimum Gasteiger partial charge on any atom is -0.273 e. The maximum atomic E-state index is 12.1. The van der Waals surface area contributed by atoms with Crippen LogP contribution >= 0.6 is 11.6 Å². The number of aromatic amines is 1. The standard InChI is InChI=1S/C13H9ClN4O2/c1-7-4-5-8-10(16-7)18(13(20)17-12(8)19)11-9(14)3-2-6-15-11/h2-6H,1H3,(H,17,19,20). The van der Waals surface area contributed by atoms with Crippen LogP contribution in [0.15, 0.2) is 40.1 Å². The first kappa shape index (κ1) is 12.6. The first-order valence-electron chi connectivity index (χ1n) is 5.81. The lowest BCUT2D eigenvalue weighted by Gasteiger charge is -2.09. The van der Waals surface area contributed by atoms with Crippen molar-refractivity contribution in [2.24, 2.45) is 0 Å². The van der Waals surface area contributed by atoms with Crippen molar-refractivity contribution in [1.82, 2.24) is 19.5 Å². The Balaban J connectivity index is 2.54. The van der Waals surface area contributed by atoms with Crippen LogP contribution in [0.3, 0.4) is 0 Å². The van der Waals surface area contributed by atoms with Crippen LogP contribution in [0.2, 0.25) is 5.02 Å². The number of nitrogens with zero attached hydrogens (tertiary/aromatic N) is 3. The number of hydrogen-bond donors (Lipinski definition) is 1. The molecule has 0 amide bonds. The Hall–Kier alpha value is -2.47. The van der Waals surface area contributed by atoms with Gasteiger partial charge in [-0.1, -0.05) is 11.6 Å². The zero-order valence-corrected chi connectivity index (χ0v) is 11.2. The van der Waals surface area contributed by atoms with E-state index in [1.165, 1.54) is 10.8 Å². The number of aromatic nitrogens is 4. The van der Waals surface area contributed by atoms with Crippen molar-refractivity contribution in [2.45, 2.75) is 6.92 Å². The molecule has 0 aliphatic heterocycles. The van der Waals surface area contributed by atoms with E-state index in [-0.39, 0.29) is 11.5 Å². The van der Waals surface area contributed by atoms with Crippen molar-refractivity contribution in [3.63, 3.8) is 0 Å². The highest BCUT2D eigenvalue weighted by Gasteiger charge is 2.13. The van der Waals surface area contributed by atoms with Crippen molar-refractivity contribution < 1.29 is 0 Å². The van der Waals surface area contributed by atoms with Gasteiger partial charge in [0.05, 0.1) is 10.4 Å². The number of halogens is 1. The second kappa shape index (κ2) is 4.57. The van der Waals surface area contributed by atoms with Gasteiger partial charge in [0.25, 0.3) is 5.56 Å². The topological polar surface area (TPSA) is 80.6 Å². The summed E-state index contributed by atoms with van der Waals surface area (Å²) in [5.74, 6) is 0.235. The van der Waals surface area contributed by atoms with Gasteiger partial charge in [0, 0.05) is 11.9 Å². The van der Waals surface area contributed by atoms with E-state index in [1.54, 1.807) is 31.2 Å². The third kappa shape index (κ3) is 1.90. The van der Waals surface area contributed by atoms with Gasteiger partial charge in [-0.25, -0.2) is 19.3 Å². The van der Waals surface area contributed by atoms with Gasteiger partial charge in [0.1, 0.15) is 0 Å². The zero-order chi connectivity index (χ0) is 14.3. The molecule has 0 aromatic carbocycles. The summed E-state index contributed by atoms with van der Waals surface area (Å²) in [7, 11) is 0. The monoisotopic (exact) mass is 288 g/mol. The first-order chi connectivity index (χ1) is 9.58. The fourth-order valence-electron chi connectivity index (χ4n) is 1.95. The molecule has 0 fully saturated rings. The summed E-state index contributed by atoms with van der Waals surface area (Å²) in [4.78, 5) is 34.5. The van der Waals surface area contributed by atoms with Crippen LogP contribution in [0, 0.1) is 6.92 Å².